The number of nitrogens with zero attached hydrogens (tertiary/aromatic N) is 1. The molecule has 0 aromatic heterocycles. The maximum absolute atomic E-state index is 12.2. The Labute approximate surface area is 136 Å². The van der Waals surface area contributed by atoms with Gasteiger partial charge in [0.05, 0.1) is 6.04 Å². The van der Waals surface area contributed by atoms with Crippen LogP contribution in [0.3, 0.4) is 0 Å². The van der Waals surface area contributed by atoms with Crippen molar-refractivity contribution in [1.29, 1.82) is 0 Å². The van der Waals surface area contributed by atoms with Crippen LogP contribution in [0, 0.1) is 0 Å². The first-order chi connectivity index (χ1) is 9.37. The molecule has 1 unspecified atom stereocenters. The van der Waals surface area contributed by atoms with Gasteiger partial charge in [-0.05, 0) is 17.7 Å². The summed E-state index contributed by atoms with van der Waals surface area (Å²) < 4.78 is 22.6. The van der Waals surface area contributed by atoms with Crippen molar-refractivity contribution in [3.63, 3.8) is 0 Å². The summed E-state index contributed by atoms with van der Waals surface area (Å²) in [6.45, 7) is 1.74. The van der Waals surface area contributed by atoms with E-state index in [-0.39, 0.29) is 24.4 Å². The number of rotatable bonds is 3. The molecule has 1 N–H and O–H groups in total. The SMILES string of the molecule is CS(=O)(=O)CC(=O)N1CCNCC1c1cccc(Cl)c1.Cl. The first-order valence-corrected chi connectivity index (χ1v) is 8.74. The van der Waals surface area contributed by atoms with Crippen molar-refractivity contribution in [2.75, 3.05) is 31.6 Å². The number of hydrogen-bond donors (Lipinski definition) is 1. The standard InChI is InChI=1S/C13H17ClN2O3S.ClH/c1-20(18,19)9-13(17)16-6-5-15-8-12(16)10-3-2-4-11(14)7-10;/h2-4,7,12,15H,5-6,8-9H2,1H3;1H. The molecule has 0 aliphatic carbocycles. The van der Waals surface area contributed by atoms with Crippen LogP contribution < -0.4 is 5.32 Å². The van der Waals surface area contributed by atoms with E-state index >= 15 is 0 Å². The van der Waals surface area contributed by atoms with Crippen LogP contribution in [0.25, 0.3) is 0 Å². The van der Waals surface area contributed by atoms with Gasteiger partial charge in [0.15, 0.2) is 9.84 Å². The van der Waals surface area contributed by atoms with Gasteiger partial charge in [-0.2, -0.15) is 0 Å². The average molecular weight is 353 g/mol. The molecular weight excluding hydrogens is 335 g/mol. The minimum atomic E-state index is -3.32. The summed E-state index contributed by atoms with van der Waals surface area (Å²) in [5, 5.41) is 3.81. The predicted molar refractivity (Wildman–Crippen MR) is 85.7 cm³/mol. The number of nitrogens with one attached hydrogen (secondary N) is 1. The summed E-state index contributed by atoms with van der Waals surface area (Å²) >= 11 is 5.98. The molecule has 0 spiro atoms. The zero-order valence-electron chi connectivity index (χ0n) is 11.6. The zero-order chi connectivity index (χ0) is 14.8. The second-order valence-electron chi connectivity index (χ2n) is 4.93. The van der Waals surface area contributed by atoms with E-state index in [1.165, 1.54) is 0 Å². The second kappa shape index (κ2) is 7.45. The van der Waals surface area contributed by atoms with Crippen molar-refractivity contribution < 1.29 is 13.2 Å². The Morgan fingerprint density at radius 1 is 1.48 bits per heavy atom. The molecule has 0 bridgehead atoms. The number of hydrogen-bond acceptors (Lipinski definition) is 4. The van der Waals surface area contributed by atoms with Gasteiger partial charge in [0, 0.05) is 30.9 Å². The average Bonchev–Trinajstić information content (AvgIpc) is 2.37. The van der Waals surface area contributed by atoms with Crippen LogP contribution >= 0.6 is 24.0 Å². The maximum Gasteiger partial charge on any atom is 0.238 e. The Morgan fingerprint density at radius 2 is 2.19 bits per heavy atom. The fraction of sp³-hybridized carbons (Fsp3) is 0.462. The number of piperazine rings is 1. The van der Waals surface area contributed by atoms with E-state index in [0.29, 0.717) is 24.7 Å². The van der Waals surface area contributed by atoms with Crippen LogP contribution in [-0.4, -0.2) is 50.9 Å². The Bertz CT molecular complexity index is 607. The third kappa shape index (κ3) is 5.14. The molecule has 1 atom stereocenters. The van der Waals surface area contributed by atoms with Crippen molar-refractivity contribution in [2.24, 2.45) is 0 Å². The largest absolute Gasteiger partial charge is 0.332 e. The van der Waals surface area contributed by atoms with Crippen LogP contribution in [0.1, 0.15) is 11.6 Å². The van der Waals surface area contributed by atoms with Crippen molar-refractivity contribution in [2.45, 2.75) is 6.04 Å². The summed E-state index contributed by atoms with van der Waals surface area (Å²) in [6, 6.07) is 7.11. The Kier molecular flexibility index (Phi) is 6.46. The Morgan fingerprint density at radius 3 is 2.81 bits per heavy atom. The second-order valence-corrected chi connectivity index (χ2v) is 7.51. The number of carbonyl (C=O) groups is 1. The highest BCUT2D eigenvalue weighted by molar-refractivity contribution is 7.91. The first kappa shape index (κ1) is 18.2. The van der Waals surface area contributed by atoms with Gasteiger partial charge in [0.2, 0.25) is 5.91 Å². The minimum absolute atomic E-state index is 0. The summed E-state index contributed by atoms with van der Waals surface area (Å²) in [5.41, 5.74) is 0.909. The third-order valence-electron chi connectivity index (χ3n) is 3.18. The minimum Gasteiger partial charge on any atom is -0.332 e. The smallest absolute Gasteiger partial charge is 0.238 e. The van der Waals surface area contributed by atoms with Gasteiger partial charge in [-0.25, -0.2) is 8.42 Å². The summed E-state index contributed by atoms with van der Waals surface area (Å²) in [4.78, 5) is 13.8. The van der Waals surface area contributed by atoms with E-state index in [4.69, 9.17) is 11.6 Å². The van der Waals surface area contributed by atoms with E-state index in [2.05, 4.69) is 5.32 Å². The third-order valence-corrected chi connectivity index (χ3v) is 4.19. The molecule has 5 nitrogen and oxygen atoms in total. The van der Waals surface area contributed by atoms with Gasteiger partial charge >= 0.3 is 0 Å². The Hall–Kier alpha value is -0.820. The maximum atomic E-state index is 12.2. The lowest BCUT2D eigenvalue weighted by Crippen LogP contribution is -2.50. The number of carbonyl (C=O) groups excluding carboxylic acids is 1. The number of halogens is 2. The number of amides is 1. The molecular formula is C13H18Cl2N2O3S. The normalized spacial score (nSPS) is 19.0. The molecule has 1 amide bonds. The molecule has 1 aromatic carbocycles. The molecule has 0 saturated carbocycles. The monoisotopic (exact) mass is 352 g/mol. The van der Waals surface area contributed by atoms with E-state index in [9.17, 15) is 13.2 Å². The van der Waals surface area contributed by atoms with Crippen molar-refractivity contribution in [3.8, 4) is 0 Å². The van der Waals surface area contributed by atoms with Crippen molar-refractivity contribution in [3.05, 3.63) is 34.9 Å². The van der Waals surface area contributed by atoms with Gasteiger partial charge in [-0.15, -0.1) is 12.4 Å². The highest BCUT2D eigenvalue weighted by Crippen LogP contribution is 2.24. The summed E-state index contributed by atoms with van der Waals surface area (Å²) in [7, 11) is -3.32. The molecule has 1 heterocycles. The molecule has 8 heteroatoms. The zero-order valence-corrected chi connectivity index (χ0v) is 14.0. The number of benzene rings is 1. The number of sulfone groups is 1. The van der Waals surface area contributed by atoms with Gasteiger partial charge in [0.1, 0.15) is 5.75 Å². The first-order valence-electron chi connectivity index (χ1n) is 6.30. The fourth-order valence-electron chi connectivity index (χ4n) is 2.32. The highest BCUT2D eigenvalue weighted by atomic mass is 35.5. The van der Waals surface area contributed by atoms with Gasteiger partial charge in [-0.3, -0.25) is 4.79 Å². The van der Waals surface area contributed by atoms with Crippen LogP contribution in [-0.2, 0) is 14.6 Å². The van der Waals surface area contributed by atoms with Gasteiger partial charge in [0.25, 0.3) is 0 Å². The molecule has 1 fully saturated rings. The van der Waals surface area contributed by atoms with Gasteiger partial charge in [-0.1, -0.05) is 23.7 Å². The van der Waals surface area contributed by atoms with Crippen LogP contribution in [0.15, 0.2) is 24.3 Å². The fourth-order valence-corrected chi connectivity index (χ4v) is 3.13. The molecule has 1 aliphatic heterocycles. The lowest BCUT2D eigenvalue weighted by molar-refractivity contribution is -0.131. The van der Waals surface area contributed by atoms with Crippen LogP contribution in [0.5, 0.6) is 0 Å². The van der Waals surface area contributed by atoms with E-state index in [0.717, 1.165) is 11.8 Å². The highest BCUT2D eigenvalue weighted by Gasteiger charge is 2.29. The lowest BCUT2D eigenvalue weighted by atomic mass is 10.0. The molecule has 1 aromatic rings. The van der Waals surface area contributed by atoms with Crippen molar-refractivity contribution in [1.82, 2.24) is 10.2 Å². The van der Waals surface area contributed by atoms with E-state index < -0.39 is 15.6 Å². The van der Waals surface area contributed by atoms with Crippen molar-refractivity contribution >= 4 is 39.8 Å². The molecule has 21 heavy (non-hydrogen) atoms. The predicted octanol–water partition coefficient (Wildman–Crippen LogP) is 1.28. The van der Waals surface area contributed by atoms with Gasteiger partial charge < -0.3 is 10.2 Å². The molecule has 0 radical (unpaired) electrons. The topological polar surface area (TPSA) is 66.5 Å². The molecule has 118 valence electrons. The van der Waals surface area contributed by atoms with Crippen LogP contribution in [0.2, 0.25) is 5.02 Å². The van der Waals surface area contributed by atoms with E-state index in [1.807, 2.05) is 12.1 Å². The van der Waals surface area contributed by atoms with Crippen LogP contribution in [0.4, 0.5) is 0 Å². The van der Waals surface area contributed by atoms with E-state index in [1.54, 1.807) is 17.0 Å². The Balaban J connectivity index is 0.00000220. The lowest BCUT2D eigenvalue weighted by Gasteiger charge is -2.36. The summed E-state index contributed by atoms with van der Waals surface area (Å²) in [6.07, 6.45) is 1.07. The summed E-state index contributed by atoms with van der Waals surface area (Å²) in [5.74, 6) is -0.816. The molecule has 1 saturated heterocycles. The molecule has 1 aliphatic rings. The molecule has 2 rings (SSSR count). The quantitative estimate of drug-likeness (QED) is 0.889.